The summed E-state index contributed by atoms with van der Waals surface area (Å²) in [6.07, 6.45) is 7.18. The van der Waals surface area contributed by atoms with Crippen molar-refractivity contribution in [2.75, 3.05) is 25.0 Å². The first-order valence-electron chi connectivity index (χ1n) is 7.09. The predicted molar refractivity (Wildman–Crippen MR) is 78.2 cm³/mol. The van der Waals surface area contributed by atoms with Gasteiger partial charge in [0.15, 0.2) is 5.84 Å². The van der Waals surface area contributed by atoms with Crippen LogP contribution in [0.15, 0.2) is 23.6 Å². The van der Waals surface area contributed by atoms with Crippen LogP contribution in [0.1, 0.15) is 24.8 Å². The maximum absolute atomic E-state index is 8.93. The highest BCUT2D eigenvalue weighted by atomic mass is 16.4. The molecule has 3 N–H and O–H groups in total. The zero-order valence-corrected chi connectivity index (χ0v) is 11.7. The number of likely N-dealkylation sites (N-methyl/N-ethyl adjacent to an activating group) is 1. The number of hydrogen-bond acceptors (Lipinski definition) is 5. The minimum absolute atomic E-state index is 0.144. The third-order valence-electron chi connectivity index (χ3n) is 4.67. The molecule has 6 heteroatoms. The van der Waals surface area contributed by atoms with Crippen molar-refractivity contribution >= 4 is 11.5 Å². The summed E-state index contributed by atoms with van der Waals surface area (Å²) >= 11 is 0. The molecule has 0 amide bonds. The highest BCUT2D eigenvalue weighted by Crippen LogP contribution is 2.31. The average Bonchev–Trinajstić information content (AvgIpc) is 2.71. The van der Waals surface area contributed by atoms with E-state index in [1.165, 1.54) is 12.8 Å². The highest BCUT2D eigenvalue weighted by Gasteiger charge is 2.35. The summed E-state index contributed by atoms with van der Waals surface area (Å²) in [5.41, 5.74) is 7.49. The largest absolute Gasteiger partial charge is 0.409 e. The van der Waals surface area contributed by atoms with Gasteiger partial charge in [0.25, 0.3) is 0 Å². The van der Waals surface area contributed by atoms with Gasteiger partial charge in [-0.3, -0.25) is 9.88 Å². The lowest BCUT2D eigenvalue weighted by atomic mass is 10.1. The normalized spacial score (nSPS) is 27.6. The lowest BCUT2D eigenvalue weighted by molar-refractivity contribution is 0.254. The van der Waals surface area contributed by atoms with Crippen LogP contribution in [-0.4, -0.2) is 53.1 Å². The van der Waals surface area contributed by atoms with E-state index < -0.39 is 0 Å². The van der Waals surface area contributed by atoms with Gasteiger partial charge >= 0.3 is 0 Å². The number of amidine groups is 1. The van der Waals surface area contributed by atoms with Gasteiger partial charge in [0, 0.05) is 36.9 Å². The molecular weight excluding hydrogens is 254 g/mol. The maximum atomic E-state index is 8.93. The molecule has 6 nitrogen and oxygen atoms in total. The Balaban J connectivity index is 1.90. The molecule has 20 heavy (non-hydrogen) atoms. The van der Waals surface area contributed by atoms with Gasteiger partial charge in [-0.2, -0.15) is 0 Å². The van der Waals surface area contributed by atoms with E-state index in [1.807, 2.05) is 6.20 Å². The van der Waals surface area contributed by atoms with Crippen molar-refractivity contribution < 1.29 is 5.21 Å². The SMILES string of the molecule is CN1C2CCC1CN(c1cnccc1/C(N)=N/O)CC2. The van der Waals surface area contributed by atoms with E-state index in [2.05, 4.69) is 27.0 Å². The molecule has 0 aliphatic carbocycles. The first-order valence-corrected chi connectivity index (χ1v) is 7.09. The average molecular weight is 275 g/mol. The molecule has 0 saturated carbocycles. The summed E-state index contributed by atoms with van der Waals surface area (Å²) in [5, 5.41) is 12.1. The number of fused-ring (bicyclic) bond motifs is 2. The highest BCUT2D eigenvalue weighted by molar-refractivity contribution is 6.02. The molecule has 3 rings (SSSR count). The second kappa shape index (κ2) is 5.28. The van der Waals surface area contributed by atoms with Gasteiger partial charge in [-0.1, -0.05) is 5.16 Å². The van der Waals surface area contributed by atoms with E-state index in [4.69, 9.17) is 10.9 Å². The fourth-order valence-electron chi connectivity index (χ4n) is 3.44. The molecule has 2 fully saturated rings. The Hall–Kier alpha value is -1.82. The van der Waals surface area contributed by atoms with Gasteiger partial charge in [0.2, 0.25) is 0 Å². The van der Waals surface area contributed by atoms with Gasteiger partial charge in [-0.05, 0) is 32.4 Å². The minimum atomic E-state index is 0.144. The topological polar surface area (TPSA) is 78.0 Å². The van der Waals surface area contributed by atoms with Crippen LogP contribution < -0.4 is 10.6 Å². The molecule has 2 unspecified atom stereocenters. The Bertz CT molecular complexity index is 518. The summed E-state index contributed by atoms with van der Waals surface area (Å²) in [4.78, 5) is 9.02. The fourth-order valence-corrected chi connectivity index (χ4v) is 3.44. The molecule has 2 aliphatic heterocycles. The Morgan fingerprint density at radius 3 is 3.00 bits per heavy atom. The van der Waals surface area contributed by atoms with E-state index in [0.717, 1.165) is 30.8 Å². The van der Waals surface area contributed by atoms with Gasteiger partial charge < -0.3 is 15.8 Å². The number of hydrogen-bond donors (Lipinski definition) is 2. The van der Waals surface area contributed by atoms with Crippen molar-refractivity contribution in [2.24, 2.45) is 10.9 Å². The van der Waals surface area contributed by atoms with Crippen molar-refractivity contribution in [3.8, 4) is 0 Å². The standard InChI is InChI=1S/C14H21N5O/c1-18-10-2-3-11(18)9-19(7-5-10)13-8-16-6-4-12(13)14(15)17-20/h4,6,8,10-11,20H,2-3,5,7,9H2,1H3,(H2,15,17). The first-order chi connectivity index (χ1) is 9.70. The third kappa shape index (κ3) is 2.20. The lowest BCUT2D eigenvalue weighted by Gasteiger charge is -2.28. The maximum Gasteiger partial charge on any atom is 0.172 e. The number of anilines is 1. The van der Waals surface area contributed by atoms with Crippen molar-refractivity contribution in [3.63, 3.8) is 0 Å². The van der Waals surface area contributed by atoms with Gasteiger partial charge in [0.05, 0.1) is 11.9 Å². The van der Waals surface area contributed by atoms with E-state index >= 15 is 0 Å². The molecule has 108 valence electrons. The van der Waals surface area contributed by atoms with Crippen LogP contribution in [0.4, 0.5) is 5.69 Å². The summed E-state index contributed by atoms with van der Waals surface area (Å²) in [5.74, 6) is 0.144. The zero-order chi connectivity index (χ0) is 14.1. The second-order valence-electron chi connectivity index (χ2n) is 5.66. The van der Waals surface area contributed by atoms with Crippen molar-refractivity contribution in [1.29, 1.82) is 0 Å². The molecular formula is C14H21N5O. The van der Waals surface area contributed by atoms with Gasteiger partial charge in [-0.25, -0.2) is 0 Å². The number of pyridine rings is 1. The molecule has 2 bridgehead atoms. The number of aromatic nitrogens is 1. The quantitative estimate of drug-likeness (QED) is 0.362. The second-order valence-corrected chi connectivity index (χ2v) is 5.66. The van der Waals surface area contributed by atoms with E-state index in [9.17, 15) is 0 Å². The zero-order valence-electron chi connectivity index (χ0n) is 11.7. The predicted octanol–water partition coefficient (Wildman–Crippen LogP) is 0.849. The molecule has 1 aromatic heterocycles. The fraction of sp³-hybridized carbons (Fsp3) is 0.571. The molecule has 0 aromatic carbocycles. The molecule has 2 saturated heterocycles. The summed E-state index contributed by atoms with van der Waals surface area (Å²) in [6, 6.07) is 3.08. The Morgan fingerprint density at radius 2 is 2.20 bits per heavy atom. The Morgan fingerprint density at radius 1 is 1.40 bits per heavy atom. The van der Waals surface area contributed by atoms with Crippen molar-refractivity contribution in [1.82, 2.24) is 9.88 Å². The Kier molecular flexibility index (Phi) is 3.48. The van der Waals surface area contributed by atoms with E-state index in [-0.39, 0.29) is 5.84 Å². The van der Waals surface area contributed by atoms with Crippen LogP contribution in [-0.2, 0) is 0 Å². The molecule has 0 radical (unpaired) electrons. The van der Waals surface area contributed by atoms with Crippen LogP contribution in [0.2, 0.25) is 0 Å². The molecule has 2 aliphatic rings. The molecule has 3 heterocycles. The number of nitrogens with zero attached hydrogens (tertiary/aromatic N) is 4. The van der Waals surface area contributed by atoms with Crippen molar-refractivity contribution in [3.05, 3.63) is 24.0 Å². The first kappa shape index (κ1) is 13.2. The molecule has 2 atom stereocenters. The van der Waals surface area contributed by atoms with Crippen LogP contribution >= 0.6 is 0 Å². The number of rotatable bonds is 2. The summed E-state index contributed by atoms with van der Waals surface area (Å²) in [7, 11) is 2.22. The number of nitrogens with two attached hydrogens (primary N) is 1. The smallest absolute Gasteiger partial charge is 0.172 e. The van der Waals surface area contributed by atoms with Crippen LogP contribution in [0.25, 0.3) is 0 Å². The Labute approximate surface area is 118 Å². The van der Waals surface area contributed by atoms with Crippen LogP contribution in [0, 0.1) is 0 Å². The van der Waals surface area contributed by atoms with E-state index in [1.54, 1.807) is 12.3 Å². The summed E-state index contributed by atoms with van der Waals surface area (Å²) < 4.78 is 0. The van der Waals surface area contributed by atoms with Crippen LogP contribution in [0.3, 0.4) is 0 Å². The van der Waals surface area contributed by atoms with Crippen LogP contribution in [0.5, 0.6) is 0 Å². The lowest BCUT2D eigenvalue weighted by Crippen LogP contribution is -2.37. The summed E-state index contributed by atoms with van der Waals surface area (Å²) in [6.45, 7) is 1.97. The molecule has 1 aromatic rings. The van der Waals surface area contributed by atoms with Crippen molar-refractivity contribution in [2.45, 2.75) is 31.3 Å². The molecule has 0 spiro atoms. The van der Waals surface area contributed by atoms with Gasteiger partial charge in [0.1, 0.15) is 0 Å². The monoisotopic (exact) mass is 275 g/mol. The van der Waals surface area contributed by atoms with Gasteiger partial charge in [-0.15, -0.1) is 0 Å². The minimum Gasteiger partial charge on any atom is -0.409 e. The van der Waals surface area contributed by atoms with E-state index in [0.29, 0.717) is 12.1 Å². The number of oxime groups is 1. The third-order valence-corrected chi connectivity index (χ3v) is 4.67.